The van der Waals surface area contributed by atoms with Gasteiger partial charge in [0.25, 0.3) is 0 Å². The summed E-state index contributed by atoms with van der Waals surface area (Å²) in [6.45, 7) is 2.14. The van der Waals surface area contributed by atoms with Crippen molar-refractivity contribution in [3.63, 3.8) is 0 Å². The van der Waals surface area contributed by atoms with Crippen molar-refractivity contribution in [3.8, 4) is 0 Å². The van der Waals surface area contributed by atoms with Crippen LogP contribution >= 0.6 is 15.9 Å². The second kappa shape index (κ2) is 3.94. The monoisotopic (exact) mass is 267 g/mol. The van der Waals surface area contributed by atoms with Crippen LogP contribution in [0.2, 0.25) is 0 Å². The molecule has 1 atom stereocenters. The molecular formula is C11H14BrN3. The summed E-state index contributed by atoms with van der Waals surface area (Å²) in [5.41, 5.74) is 2.29. The van der Waals surface area contributed by atoms with Crippen LogP contribution in [0.4, 0.5) is 0 Å². The van der Waals surface area contributed by atoms with Crippen LogP contribution in [-0.4, -0.2) is 16.8 Å². The Morgan fingerprint density at radius 3 is 2.87 bits per heavy atom. The Labute approximate surface area is 97.6 Å². The van der Waals surface area contributed by atoms with Gasteiger partial charge < -0.3 is 5.32 Å². The van der Waals surface area contributed by atoms with Gasteiger partial charge in [-0.25, -0.2) is 0 Å². The highest BCUT2D eigenvalue weighted by atomic mass is 79.9. The molecule has 1 N–H and O–H groups in total. The number of hydrogen-bond acceptors (Lipinski definition) is 2. The zero-order chi connectivity index (χ0) is 11.0. The fourth-order valence-electron chi connectivity index (χ4n) is 1.62. The molecule has 15 heavy (non-hydrogen) atoms. The topological polar surface area (TPSA) is 29.9 Å². The molecule has 4 heteroatoms. The molecule has 0 radical (unpaired) electrons. The Balaban J connectivity index is 2.57. The summed E-state index contributed by atoms with van der Waals surface area (Å²) >= 11 is 3.51. The fraction of sp³-hybridized carbons (Fsp3) is 0.364. The van der Waals surface area contributed by atoms with Crippen molar-refractivity contribution in [2.75, 3.05) is 7.05 Å². The van der Waals surface area contributed by atoms with E-state index in [1.165, 1.54) is 5.56 Å². The zero-order valence-electron chi connectivity index (χ0n) is 9.08. The van der Waals surface area contributed by atoms with Gasteiger partial charge in [-0.3, -0.25) is 4.68 Å². The standard InChI is InChI=1S/C11H14BrN3/c1-7(13-2)8-4-5-9-10(6-8)14-15(3)11(9)12/h4-7,13H,1-3H3. The highest BCUT2D eigenvalue weighted by molar-refractivity contribution is 9.10. The number of hydrogen-bond donors (Lipinski definition) is 1. The zero-order valence-corrected chi connectivity index (χ0v) is 10.7. The van der Waals surface area contributed by atoms with Gasteiger partial charge >= 0.3 is 0 Å². The van der Waals surface area contributed by atoms with E-state index in [-0.39, 0.29) is 0 Å². The molecule has 1 aromatic carbocycles. The Hall–Kier alpha value is -0.870. The molecule has 0 amide bonds. The van der Waals surface area contributed by atoms with Gasteiger partial charge in [0.05, 0.1) is 5.52 Å². The van der Waals surface area contributed by atoms with Gasteiger partial charge in [0.1, 0.15) is 4.60 Å². The van der Waals surface area contributed by atoms with Gasteiger partial charge in [-0.2, -0.15) is 5.10 Å². The maximum Gasteiger partial charge on any atom is 0.111 e. The number of benzene rings is 1. The molecule has 0 aliphatic rings. The average Bonchev–Trinajstić information content (AvgIpc) is 2.53. The van der Waals surface area contributed by atoms with Crippen LogP contribution in [0.15, 0.2) is 22.8 Å². The van der Waals surface area contributed by atoms with Crippen molar-refractivity contribution in [2.45, 2.75) is 13.0 Å². The molecule has 0 saturated heterocycles. The summed E-state index contributed by atoms with van der Waals surface area (Å²) in [4.78, 5) is 0. The molecule has 80 valence electrons. The number of aryl methyl sites for hydroxylation is 1. The molecule has 0 fully saturated rings. The minimum Gasteiger partial charge on any atom is -0.313 e. The second-order valence-corrected chi connectivity index (χ2v) is 4.45. The van der Waals surface area contributed by atoms with E-state index in [4.69, 9.17) is 0 Å². The Morgan fingerprint density at radius 1 is 1.47 bits per heavy atom. The number of rotatable bonds is 2. The van der Waals surface area contributed by atoms with Crippen LogP contribution in [0.5, 0.6) is 0 Å². The van der Waals surface area contributed by atoms with Crippen LogP contribution in [0.1, 0.15) is 18.5 Å². The smallest absolute Gasteiger partial charge is 0.111 e. The van der Waals surface area contributed by atoms with Crippen LogP contribution in [0, 0.1) is 0 Å². The SMILES string of the molecule is CNC(C)c1ccc2c(Br)n(C)nc2c1. The Kier molecular flexibility index (Phi) is 2.80. The van der Waals surface area contributed by atoms with E-state index in [0.29, 0.717) is 6.04 Å². The number of aromatic nitrogens is 2. The lowest BCUT2D eigenvalue weighted by molar-refractivity contribution is 0.653. The summed E-state index contributed by atoms with van der Waals surface area (Å²) in [5, 5.41) is 8.81. The van der Waals surface area contributed by atoms with Crippen molar-refractivity contribution < 1.29 is 0 Å². The lowest BCUT2D eigenvalue weighted by Gasteiger charge is -2.09. The summed E-state index contributed by atoms with van der Waals surface area (Å²) < 4.78 is 2.87. The van der Waals surface area contributed by atoms with Gasteiger partial charge in [-0.1, -0.05) is 6.07 Å². The molecule has 0 aliphatic carbocycles. The van der Waals surface area contributed by atoms with E-state index in [9.17, 15) is 0 Å². The molecule has 0 bridgehead atoms. The first-order valence-corrected chi connectivity index (χ1v) is 5.72. The third kappa shape index (κ3) is 1.79. The highest BCUT2D eigenvalue weighted by Gasteiger charge is 2.08. The van der Waals surface area contributed by atoms with Gasteiger partial charge in [-0.05, 0) is 47.6 Å². The Morgan fingerprint density at radius 2 is 2.20 bits per heavy atom. The van der Waals surface area contributed by atoms with Gasteiger partial charge in [-0.15, -0.1) is 0 Å². The normalized spacial score (nSPS) is 13.3. The number of nitrogens with zero attached hydrogens (tertiary/aromatic N) is 2. The Bertz CT molecular complexity index is 490. The first kappa shape index (κ1) is 10.6. The quantitative estimate of drug-likeness (QED) is 0.907. The lowest BCUT2D eigenvalue weighted by atomic mass is 10.1. The maximum absolute atomic E-state index is 4.43. The summed E-state index contributed by atoms with van der Waals surface area (Å²) in [6, 6.07) is 6.72. The van der Waals surface area contributed by atoms with E-state index >= 15 is 0 Å². The van der Waals surface area contributed by atoms with Crippen molar-refractivity contribution in [1.29, 1.82) is 0 Å². The number of fused-ring (bicyclic) bond motifs is 1. The van der Waals surface area contributed by atoms with Crippen molar-refractivity contribution in [2.24, 2.45) is 7.05 Å². The fourth-order valence-corrected chi connectivity index (χ4v) is 2.04. The van der Waals surface area contributed by atoms with Crippen LogP contribution in [-0.2, 0) is 7.05 Å². The molecule has 2 rings (SSSR count). The summed E-state index contributed by atoms with van der Waals surface area (Å²) in [7, 11) is 3.90. The predicted molar refractivity (Wildman–Crippen MR) is 65.9 cm³/mol. The highest BCUT2D eigenvalue weighted by Crippen LogP contribution is 2.25. The third-order valence-electron chi connectivity index (χ3n) is 2.72. The lowest BCUT2D eigenvalue weighted by Crippen LogP contribution is -2.11. The van der Waals surface area contributed by atoms with E-state index in [1.807, 2.05) is 18.8 Å². The summed E-state index contributed by atoms with van der Waals surface area (Å²) in [6.07, 6.45) is 0. The van der Waals surface area contributed by atoms with Gasteiger partial charge in [0.15, 0.2) is 0 Å². The average molecular weight is 268 g/mol. The van der Waals surface area contributed by atoms with E-state index in [1.54, 1.807) is 0 Å². The molecule has 0 saturated carbocycles. The van der Waals surface area contributed by atoms with Crippen LogP contribution in [0.3, 0.4) is 0 Å². The number of halogens is 1. The van der Waals surface area contributed by atoms with Crippen molar-refractivity contribution in [1.82, 2.24) is 15.1 Å². The maximum atomic E-state index is 4.43. The largest absolute Gasteiger partial charge is 0.313 e. The second-order valence-electron chi connectivity index (χ2n) is 3.70. The van der Waals surface area contributed by atoms with Crippen LogP contribution < -0.4 is 5.32 Å². The predicted octanol–water partition coefficient (Wildman–Crippen LogP) is 2.62. The first-order chi connectivity index (χ1) is 7.13. The molecule has 1 heterocycles. The minimum atomic E-state index is 0.357. The molecule has 0 aliphatic heterocycles. The first-order valence-electron chi connectivity index (χ1n) is 4.93. The van der Waals surface area contributed by atoms with Crippen molar-refractivity contribution in [3.05, 3.63) is 28.4 Å². The molecule has 3 nitrogen and oxygen atoms in total. The molecule has 0 spiro atoms. The molecule has 1 aromatic heterocycles. The minimum absolute atomic E-state index is 0.357. The van der Waals surface area contributed by atoms with Gasteiger partial charge in [0.2, 0.25) is 0 Å². The van der Waals surface area contributed by atoms with E-state index in [0.717, 1.165) is 15.5 Å². The van der Waals surface area contributed by atoms with Crippen molar-refractivity contribution >= 4 is 26.8 Å². The molecule has 1 unspecified atom stereocenters. The number of nitrogens with one attached hydrogen (secondary N) is 1. The van der Waals surface area contributed by atoms with Crippen LogP contribution in [0.25, 0.3) is 10.9 Å². The molecule has 2 aromatic rings. The van der Waals surface area contributed by atoms with E-state index in [2.05, 4.69) is 51.5 Å². The summed E-state index contributed by atoms with van der Waals surface area (Å²) in [5.74, 6) is 0. The molecular weight excluding hydrogens is 254 g/mol. The van der Waals surface area contributed by atoms with Gasteiger partial charge in [0, 0.05) is 18.5 Å². The van der Waals surface area contributed by atoms with E-state index < -0.39 is 0 Å². The third-order valence-corrected chi connectivity index (χ3v) is 3.66.